The smallest absolute Gasteiger partial charge is 0.234 e. The van der Waals surface area contributed by atoms with Gasteiger partial charge in [0, 0.05) is 5.69 Å². The highest BCUT2D eigenvalue weighted by Gasteiger charge is 2.02. The van der Waals surface area contributed by atoms with E-state index in [1.54, 1.807) is 11.8 Å². The number of hydrogen-bond acceptors (Lipinski definition) is 3. The lowest BCUT2D eigenvalue weighted by molar-refractivity contribution is -0.113. The van der Waals surface area contributed by atoms with Gasteiger partial charge < -0.3 is 10.1 Å². The van der Waals surface area contributed by atoms with E-state index in [2.05, 4.69) is 18.3 Å². The molecule has 0 aliphatic heterocycles. The molecule has 2 aromatic carbocycles. The Labute approximate surface area is 148 Å². The van der Waals surface area contributed by atoms with Crippen molar-refractivity contribution in [3.8, 4) is 5.75 Å². The first-order chi connectivity index (χ1) is 11.6. The molecule has 0 spiro atoms. The Kier molecular flexibility index (Phi) is 7.69. The fraction of sp³-hybridized carbons (Fsp3) is 0.350. The molecule has 1 N–H and O–H groups in total. The predicted molar refractivity (Wildman–Crippen MR) is 103 cm³/mol. The maximum Gasteiger partial charge on any atom is 0.234 e. The lowest BCUT2D eigenvalue weighted by Gasteiger charge is -2.08. The summed E-state index contributed by atoms with van der Waals surface area (Å²) in [4.78, 5) is 11.9. The molecule has 0 aromatic heterocycles. The quantitative estimate of drug-likeness (QED) is 0.663. The summed E-state index contributed by atoms with van der Waals surface area (Å²) in [5, 5.41) is 2.91. The third-order valence-electron chi connectivity index (χ3n) is 3.60. The van der Waals surface area contributed by atoms with Gasteiger partial charge in [0.15, 0.2) is 0 Å². The summed E-state index contributed by atoms with van der Waals surface area (Å²) in [6.07, 6.45) is 2.05. The highest BCUT2D eigenvalue weighted by molar-refractivity contribution is 7.99. The molecule has 0 fully saturated rings. The van der Waals surface area contributed by atoms with E-state index in [4.69, 9.17) is 4.74 Å². The number of anilines is 1. The number of ether oxygens (including phenoxy) is 1. The largest absolute Gasteiger partial charge is 0.493 e. The van der Waals surface area contributed by atoms with Crippen molar-refractivity contribution in [2.24, 2.45) is 0 Å². The van der Waals surface area contributed by atoms with E-state index < -0.39 is 0 Å². The Morgan fingerprint density at radius 3 is 2.54 bits per heavy atom. The first-order valence-electron chi connectivity index (χ1n) is 8.28. The Morgan fingerprint density at radius 1 is 1.04 bits per heavy atom. The van der Waals surface area contributed by atoms with Gasteiger partial charge >= 0.3 is 0 Å². The van der Waals surface area contributed by atoms with Gasteiger partial charge in [-0.15, -0.1) is 0 Å². The molecule has 2 rings (SSSR count). The van der Waals surface area contributed by atoms with Gasteiger partial charge in [-0.3, -0.25) is 4.79 Å². The highest BCUT2D eigenvalue weighted by Crippen LogP contribution is 2.16. The maximum absolute atomic E-state index is 11.9. The average molecular weight is 343 g/mol. The van der Waals surface area contributed by atoms with Crippen LogP contribution in [-0.2, 0) is 4.79 Å². The number of unbranched alkanes of at least 4 members (excludes halogenated alkanes) is 1. The van der Waals surface area contributed by atoms with Crippen LogP contribution in [0.1, 0.15) is 24.0 Å². The summed E-state index contributed by atoms with van der Waals surface area (Å²) in [7, 11) is 0. The molecule has 0 saturated carbocycles. The molecule has 1 amide bonds. The van der Waals surface area contributed by atoms with Crippen molar-refractivity contribution in [2.75, 3.05) is 23.4 Å². The second-order valence-electron chi connectivity index (χ2n) is 5.79. The number of hydrogen-bond donors (Lipinski definition) is 1. The van der Waals surface area contributed by atoms with E-state index in [9.17, 15) is 4.79 Å². The van der Waals surface area contributed by atoms with Crippen LogP contribution in [0.3, 0.4) is 0 Å². The molecule has 2 aromatic rings. The fourth-order valence-corrected chi connectivity index (χ4v) is 3.02. The van der Waals surface area contributed by atoms with Crippen LogP contribution in [0.2, 0.25) is 0 Å². The van der Waals surface area contributed by atoms with Gasteiger partial charge in [-0.05, 0) is 56.2 Å². The van der Waals surface area contributed by atoms with Gasteiger partial charge in [-0.2, -0.15) is 11.8 Å². The summed E-state index contributed by atoms with van der Waals surface area (Å²) in [5.74, 6) is 2.48. The van der Waals surface area contributed by atoms with Crippen molar-refractivity contribution in [3.05, 3.63) is 59.7 Å². The summed E-state index contributed by atoms with van der Waals surface area (Å²) < 4.78 is 5.76. The van der Waals surface area contributed by atoms with E-state index in [0.29, 0.717) is 5.75 Å². The molecule has 0 atom stereocenters. The molecule has 24 heavy (non-hydrogen) atoms. The van der Waals surface area contributed by atoms with Crippen molar-refractivity contribution < 1.29 is 9.53 Å². The summed E-state index contributed by atoms with van der Waals surface area (Å²) in [5.41, 5.74) is 3.22. The number of rotatable bonds is 9. The molecule has 0 aliphatic rings. The normalized spacial score (nSPS) is 10.4. The highest BCUT2D eigenvalue weighted by atomic mass is 32.2. The molecule has 0 aliphatic carbocycles. The Hall–Kier alpha value is -1.94. The molecule has 0 saturated heterocycles. The summed E-state index contributed by atoms with van der Waals surface area (Å²) in [6.45, 7) is 4.81. The number of benzene rings is 2. The minimum Gasteiger partial charge on any atom is -0.493 e. The number of amides is 1. The molecule has 0 radical (unpaired) electrons. The van der Waals surface area contributed by atoms with E-state index in [-0.39, 0.29) is 5.91 Å². The van der Waals surface area contributed by atoms with E-state index in [1.165, 1.54) is 11.1 Å². The molecule has 0 heterocycles. The third-order valence-corrected chi connectivity index (χ3v) is 4.65. The van der Waals surface area contributed by atoms with Crippen LogP contribution in [-0.4, -0.2) is 24.0 Å². The van der Waals surface area contributed by atoms with Crippen molar-refractivity contribution in [3.63, 3.8) is 0 Å². The zero-order chi connectivity index (χ0) is 17.2. The van der Waals surface area contributed by atoms with Crippen LogP contribution in [0.5, 0.6) is 5.75 Å². The minimum atomic E-state index is 0.0556. The Morgan fingerprint density at radius 2 is 1.79 bits per heavy atom. The first-order valence-corrected chi connectivity index (χ1v) is 9.43. The third kappa shape index (κ3) is 6.67. The zero-order valence-electron chi connectivity index (χ0n) is 14.4. The van der Waals surface area contributed by atoms with Crippen LogP contribution in [0, 0.1) is 13.8 Å². The van der Waals surface area contributed by atoms with Gasteiger partial charge in [0.2, 0.25) is 5.91 Å². The molecule has 4 heteroatoms. The topological polar surface area (TPSA) is 38.3 Å². The monoisotopic (exact) mass is 343 g/mol. The molecular formula is C20H25NO2S. The molecule has 0 bridgehead atoms. The zero-order valence-corrected chi connectivity index (χ0v) is 15.2. The Bertz CT molecular complexity index is 640. The predicted octanol–water partition coefficient (Wildman–Crippen LogP) is 4.83. The van der Waals surface area contributed by atoms with Crippen LogP contribution in [0.15, 0.2) is 48.5 Å². The Balaban J connectivity index is 1.52. The fourth-order valence-electron chi connectivity index (χ4n) is 2.21. The second-order valence-corrected chi connectivity index (χ2v) is 6.89. The minimum absolute atomic E-state index is 0.0556. The lowest BCUT2D eigenvalue weighted by Crippen LogP contribution is -2.14. The van der Waals surface area contributed by atoms with Crippen molar-refractivity contribution in [1.82, 2.24) is 0 Å². The number of carbonyl (C=O) groups is 1. The molecule has 3 nitrogen and oxygen atoms in total. The molecular weight excluding hydrogens is 318 g/mol. The standard InChI is InChI=1S/C20H25NO2S/c1-16-9-11-18(12-10-16)21-20(22)15-24-14-6-5-13-23-19-8-4-3-7-17(19)2/h3-4,7-12H,5-6,13-15H2,1-2H3,(H,21,22). The van der Waals surface area contributed by atoms with E-state index in [0.717, 1.165) is 36.6 Å². The van der Waals surface area contributed by atoms with Crippen molar-refractivity contribution in [1.29, 1.82) is 0 Å². The summed E-state index contributed by atoms with van der Waals surface area (Å²) >= 11 is 1.67. The summed E-state index contributed by atoms with van der Waals surface area (Å²) in [6, 6.07) is 15.9. The van der Waals surface area contributed by atoms with Crippen LogP contribution >= 0.6 is 11.8 Å². The first kappa shape index (κ1) is 18.4. The second kappa shape index (κ2) is 10.0. The van der Waals surface area contributed by atoms with Crippen molar-refractivity contribution in [2.45, 2.75) is 26.7 Å². The van der Waals surface area contributed by atoms with Crippen LogP contribution in [0.25, 0.3) is 0 Å². The van der Waals surface area contributed by atoms with Crippen molar-refractivity contribution >= 4 is 23.4 Å². The van der Waals surface area contributed by atoms with Crippen LogP contribution in [0.4, 0.5) is 5.69 Å². The van der Waals surface area contributed by atoms with Gasteiger partial charge in [0.05, 0.1) is 12.4 Å². The number of nitrogens with one attached hydrogen (secondary N) is 1. The number of aryl methyl sites for hydroxylation is 2. The molecule has 128 valence electrons. The lowest BCUT2D eigenvalue weighted by atomic mass is 10.2. The maximum atomic E-state index is 11.9. The number of thioether (sulfide) groups is 1. The average Bonchev–Trinajstić information content (AvgIpc) is 2.57. The van der Waals surface area contributed by atoms with Crippen LogP contribution < -0.4 is 10.1 Å². The van der Waals surface area contributed by atoms with E-state index in [1.807, 2.05) is 49.4 Å². The number of carbonyl (C=O) groups excluding carboxylic acids is 1. The van der Waals surface area contributed by atoms with Gasteiger partial charge in [0.1, 0.15) is 5.75 Å². The van der Waals surface area contributed by atoms with Gasteiger partial charge in [0.25, 0.3) is 0 Å². The van der Waals surface area contributed by atoms with E-state index >= 15 is 0 Å². The molecule has 0 unspecified atom stereocenters. The van der Waals surface area contributed by atoms with Gasteiger partial charge in [-0.1, -0.05) is 35.9 Å². The van der Waals surface area contributed by atoms with Gasteiger partial charge in [-0.25, -0.2) is 0 Å². The SMILES string of the molecule is Cc1ccc(NC(=O)CSCCCCOc2ccccc2C)cc1. The number of para-hydroxylation sites is 1.